The van der Waals surface area contributed by atoms with Gasteiger partial charge in [-0.25, -0.2) is 0 Å². The summed E-state index contributed by atoms with van der Waals surface area (Å²) in [6, 6.07) is 20.5. The maximum Gasteiger partial charge on any atom is 0.222 e. The van der Waals surface area contributed by atoms with Crippen LogP contribution in [0.5, 0.6) is 0 Å². The highest BCUT2D eigenvalue weighted by molar-refractivity contribution is 5.85. The minimum Gasteiger partial charge on any atom is -0.353 e. The van der Waals surface area contributed by atoms with Gasteiger partial charge in [0, 0.05) is 38.1 Å². The molecule has 2 aromatic rings. The van der Waals surface area contributed by atoms with Crippen LogP contribution < -0.4 is 11.1 Å². The van der Waals surface area contributed by atoms with Gasteiger partial charge in [0.2, 0.25) is 5.91 Å². The van der Waals surface area contributed by atoms with Gasteiger partial charge < -0.3 is 16.0 Å². The number of nitrogens with two attached hydrogens (primary N) is 1. The van der Waals surface area contributed by atoms with Gasteiger partial charge in [-0.05, 0) is 30.4 Å². The Balaban J connectivity index is 0.00000196. The van der Waals surface area contributed by atoms with Gasteiger partial charge in [-0.3, -0.25) is 4.79 Å². The van der Waals surface area contributed by atoms with Crippen LogP contribution in [0.1, 0.15) is 36.4 Å². The molecule has 3 N–H and O–H groups in total. The molecule has 1 amide bonds. The number of amides is 1. The van der Waals surface area contributed by atoms with Crippen molar-refractivity contribution in [3.63, 3.8) is 0 Å². The number of benzene rings is 2. The van der Waals surface area contributed by atoms with Gasteiger partial charge in [0.25, 0.3) is 0 Å². The van der Waals surface area contributed by atoms with Crippen molar-refractivity contribution in [1.29, 1.82) is 0 Å². The first kappa shape index (κ1) is 24.4. The van der Waals surface area contributed by atoms with Crippen molar-refractivity contribution in [3.05, 3.63) is 71.8 Å². The molecule has 0 aliphatic carbocycles. The van der Waals surface area contributed by atoms with Crippen LogP contribution >= 0.6 is 24.8 Å². The molecule has 1 saturated heterocycles. The molecule has 0 bridgehead atoms. The third-order valence-corrected chi connectivity index (χ3v) is 5.15. The van der Waals surface area contributed by atoms with Crippen LogP contribution in [0.2, 0.25) is 0 Å². The highest BCUT2D eigenvalue weighted by atomic mass is 35.5. The first-order valence-corrected chi connectivity index (χ1v) is 9.57. The van der Waals surface area contributed by atoms with E-state index in [-0.39, 0.29) is 42.8 Å². The molecule has 6 heteroatoms. The minimum atomic E-state index is -0.234. The van der Waals surface area contributed by atoms with Crippen molar-refractivity contribution in [3.8, 4) is 0 Å². The lowest BCUT2D eigenvalue weighted by molar-refractivity contribution is -0.122. The van der Waals surface area contributed by atoms with Gasteiger partial charge in [0.05, 0.1) is 0 Å². The van der Waals surface area contributed by atoms with Crippen LogP contribution in [0.15, 0.2) is 60.7 Å². The Kier molecular flexibility index (Phi) is 11.2. The number of nitrogens with one attached hydrogen (secondary N) is 1. The number of halogens is 2. The van der Waals surface area contributed by atoms with Crippen LogP contribution in [0.25, 0.3) is 0 Å². The van der Waals surface area contributed by atoms with Crippen LogP contribution in [-0.2, 0) is 11.2 Å². The second-order valence-electron chi connectivity index (χ2n) is 7.14. The molecule has 0 radical (unpaired) electrons. The molecule has 1 fully saturated rings. The van der Waals surface area contributed by atoms with E-state index in [4.69, 9.17) is 5.73 Å². The fourth-order valence-electron chi connectivity index (χ4n) is 3.54. The molecule has 1 atom stereocenters. The molecular formula is C22H31Cl2N3O. The average molecular weight is 424 g/mol. The predicted molar refractivity (Wildman–Crippen MR) is 120 cm³/mol. The van der Waals surface area contributed by atoms with Gasteiger partial charge in [-0.2, -0.15) is 0 Å². The summed E-state index contributed by atoms with van der Waals surface area (Å²) in [6.07, 6.45) is 3.46. The van der Waals surface area contributed by atoms with Crippen LogP contribution in [-0.4, -0.2) is 36.5 Å². The molecule has 4 nitrogen and oxygen atoms in total. The van der Waals surface area contributed by atoms with Crippen LogP contribution in [0, 0.1) is 0 Å². The molecule has 154 valence electrons. The monoisotopic (exact) mass is 423 g/mol. The quantitative estimate of drug-likeness (QED) is 0.712. The van der Waals surface area contributed by atoms with Gasteiger partial charge in [0.15, 0.2) is 0 Å². The summed E-state index contributed by atoms with van der Waals surface area (Å²) in [5.74, 6) is 0.0593. The Bertz CT molecular complexity index is 677. The average Bonchev–Trinajstić information content (AvgIpc) is 2.69. The fourth-order valence-corrected chi connectivity index (χ4v) is 3.54. The molecule has 3 rings (SSSR count). The molecule has 0 aromatic heterocycles. The van der Waals surface area contributed by atoms with Crippen LogP contribution in [0.3, 0.4) is 0 Å². The molecule has 0 saturated carbocycles. The van der Waals surface area contributed by atoms with E-state index in [9.17, 15) is 4.79 Å². The number of nitrogens with zero attached hydrogens (tertiary/aromatic N) is 1. The summed E-state index contributed by atoms with van der Waals surface area (Å²) in [5, 5.41) is 3.17. The van der Waals surface area contributed by atoms with Gasteiger partial charge >= 0.3 is 0 Å². The van der Waals surface area contributed by atoms with Gasteiger partial charge in [-0.1, -0.05) is 60.7 Å². The van der Waals surface area contributed by atoms with Crippen molar-refractivity contribution >= 4 is 30.7 Å². The van der Waals surface area contributed by atoms with E-state index in [1.807, 2.05) is 30.3 Å². The highest BCUT2D eigenvalue weighted by Gasteiger charge is 2.21. The first-order valence-electron chi connectivity index (χ1n) is 9.57. The third-order valence-electron chi connectivity index (χ3n) is 5.15. The molecule has 1 aliphatic heterocycles. The summed E-state index contributed by atoms with van der Waals surface area (Å²) >= 11 is 0. The number of likely N-dealkylation sites (tertiary alicyclic amines) is 1. The van der Waals surface area contributed by atoms with Crippen LogP contribution in [0.4, 0.5) is 0 Å². The molecule has 0 spiro atoms. The number of carbonyl (C=O) groups is 1. The van der Waals surface area contributed by atoms with Gasteiger partial charge in [0.1, 0.15) is 0 Å². The minimum absolute atomic E-state index is 0. The predicted octanol–water partition coefficient (Wildman–Crippen LogP) is 3.74. The zero-order valence-corrected chi connectivity index (χ0v) is 17.8. The number of hydrogen-bond donors (Lipinski definition) is 2. The normalized spacial score (nSPS) is 15.8. The zero-order valence-electron chi connectivity index (χ0n) is 16.1. The van der Waals surface area contributed by atoms with E-state index in [0.717, 1.165) is 44.5 Å². The molecule has 2 aromatic carbocycles. The lowest BCUT2D eigenvalue weighted by Crippen LogP contribution is -2.45. The number of piperidine rings is 1. The van der Waals surface area contributed by atoms with E-state index in [1.165, 1.54) is 5.56 Å². The number of rotatable bonds is 7. The highest BCUT2D eigenvalue weighted by Crippen LogP contribution is 2.15. The van der Waals surface area contributed by atoms with E-state index in [1.54, 1.807) is 0 Å². The first-order chi connectivity index (χ1) is 12.7. The summed E-state index contributed by atoms with van der Waals surface area (Å²) in [4.78, 5) is 14.8. The summed E-state index contributed by atoms with van der Waals surface area (Å²) in [6.45, 7) is 3.18. The largest absolute Gasteiger partial charge is 0.353 e. The maximum atomic E-state index is 12.3. The summed E-state index contributed by atoms with van der Waals surface area (Å²) in [5.41, 5.74) is 8.55. The summed E-state index contributed by atoms with van der Waals surface area (Å²) in [7, 11) is 0. The fraction of sp³-hybridized carbons (Fsp3) is 0.409. The lowest BCUT2D eigenvalue weighted by atomic mass is 10.0. The smallest absolute Gasteiger partial charge is 0.222 e. The number of carbonyl (C=O) groups excluding carboxylic acids is 1. The summed E-state index contributed by atoms with van der Waals surface area (Å²) < 4.78 is 0. The van der Waals surface area contributed by atoms with E-state index >= 15 is 0 Å². The Hall–Kier alpha value is -1.59. The standard InChI is InChI=1S/C22H29N3O.2ClH/c23-21(19-9-5-2-6-10-19)17-22(26)24-20-12-15-25(16-13-20)14-11-18-7-3-1-4-8-18;;/h1-10,20-21H,11-17,23H2,(H,24,26);2*1H. The Morgan fingerprint density at radius 3 is 2.18 bits per heavy atom. The Morgan fingerprint density at radius 2 is 1.57 bits per heavy atom. The molecule has 1 unspecified atom stereocenters. The van der Waals surface area contributed by atoms with E-state index < -0.39 is 0 Å². The van der Waals surface area contributed by atoms with Gasteiger partial charge in [-0.15, -0.1) is 24.8 Å². The molecule has 1 heterocycles. The second-order valence-corrected chi connectivity index (χ2v) is 7.14. The topological polar surface area (TPSA) is 58.4 Å². The van der Waals surface area contributed by atoms with Crippen molar-refractivity contribution in [2.45, 2.75) is 37.8 Å². The number of hydrogen-bond acceptors (Lipinski definition) is 3. The molecular weight excluding hydrogens is 393 g/mol. The maximum absolute atomic E-state index is 12.3. The van der Waals surface area contributed by atoms with Crippen molar-refractivity contribution in [2.75, 3.05) is 19.6 Å². The Labute approximate surface area is 180 Å². The molecule has 1 aliphatic rings. The van der Waals surface area contributed by atoms with Crippen molar-refractivity contribution in [2.24, 2.45) is 5.73 Å². The second kappa shape index (κ2) is 12.8. The van der Waals surface area contributed by atoms with E-state index in [0.29, 0.717) is 6.42 Å². The lowest BCUT2D eigenvalue weighted by Gasteiger charge is -2.32. The van der Waals surface area contributed by atoms with Crippen molar-refractivity contribution in [1.82, 2.24) is 10.2 Å². The Morgan fingerprint density at radius 1 is 1.00 bits per heavy atom. The molecule has 28 heavy (non-hydrogen) atoms. The SMILES string of the molecule is Cl.Cl.NC(CC(=O)NC1CCN(CCc2ccccc2)CC1)c1ccccc1. The van der Waals surface area contributed by atoms with Crippen molar-refractivity contribution < 1.29 is 4.79 Å². The third kappa shape index (κ3) is 7.80. The zero-order chi connectivity index (χ0) is 18.2. The van der Waals surface area contributed by atoms with E-state index in [2.05, 4.69) is 40.5 Å².